The third-order valence-electron chi connectivity index (χ3n) is 5.45. The molecule has 0 bridgehead atoms. The average Bonchev–Trinajstić information content (AvgIpc) is 3.04. The van der Waals surface area contributed by atoms with Crippen molar-refractivity contribution in [2.24, 2.45) is 15.7 Å². The van der Waals surface area contributed by atoms with Crippen LogP contribution in [0.1, 0.15) is 25.8 Å². The van der Waals surface area contributed by atoms with E-state index in [0.29, 0.717) is 18.1 Å². The average molecular weight is 437 g/mol. The standard InChI is InChI=1S/C24H33N6P/c1-4-29(5-2)17-18-12-15-30(16-13-18)23(21-7-6-14-27-24(26-3)28-21)22(25)19-8-10-20(31)11-9-19/h6,8-15H,4-5,7,16-17,25,31H2,1-3H3,(H,26,27)/b23-22-. The summed E-state index contributed by atoms with van der Waals surface area (Å²) >= 11 is 0. The lowest BCUT2D eigenvalue weighted by Crippen LogP contribution is -2.30. The van der Waals surface area contributed by atoms with E-state index in [2.05, 4.69) is 61.5 Å². The maximum atomic E-state index is 6.75. The summed E-state index contributed by atoms with van der Waals surface area (Å²) in [6, 6.07) is 8.20. The Bertz CT molecular complexity index is 949. The summed E-state index contributed by atoms with van der Waals surface area (Å²) in [5.41, 5.74) is 11.6. The molecule has 164 valence electrons. The first-order valence-electron chi connectivity index (χ1n) is 10.7. The Morgan fingerprint density at radius 1 is 1.26 bits per heavy atom. The van der Waals surface area contributed by atoms with Gasteiger partial charge in [-0.25, -0.2) is 4.99 Å². The molecule has 0 aromatic heterocycles. The molecule has 31 heavy (non-hydrogen) atoms. The number of guanidine groups is 1. The third kappa shape index (κ3) is 5.93. The van der Waals surface area contributed by atoms with Gasteiger partial charge in [-0.05, 0) is 35.6 Å². The van der Waals surface area contributed by atoms with Crippen LogP contribution in [0, 0.1) is 0 Å². The number of nitrogens with zero attached hydrogens (tertiary/aromatic N) is 4. The molecule has 1 atom stereocenters. The summed E-state index contributed by atoms with van der Waals surface area (Å²) in [6.45, 7) is 8.20. The van der Waals surface area contributed by atoms with E-state index in [-0.39, 0.29) is 0 Å². The van der Waals surface area contributed by atoms with E-state index in [1.54, 1.807) is 7.05 Å². The lowest BCUT2D eigenvalue weighted by atomic mass is 10.0. The van der Waals surface area contributed by atoms with Crippen molar-refractivity contribution in [3.63, 3.8) is 0 Å². The molecule has 0 amide bonds. The van der Waals surface area contributed by atoms with Crippen LogP contribution in [0.4, 0.5) is 0 Å². The van der Waals surface area contributed by atoms with Gasteiger partial charge in [0.05, 0.1) is 17.1 Å². The molecule has 3 N–H and O–H groups in total. The molecule has 3 rings (SSSR count). The number of likely N-dealkylation sites (N-methyl/N-ethyl adjacent to an activating group) is 1. The summed E-state index contributed by atoms with van der Waals surface area (Å²) < 4.78 is 0. The van der Waals surface area contributed by atoms with Gasteiger partial charge in [0.25, 0.3) is 0 Å². The van der Waals surface area contributed by atoms with Gasteiger partial charge in [0.1, 0.15) is 0 Å². The summed E-state index contributed by atoms with van der Waals surface area (Å²) in [6.07, 6.45) is 11.2. The zero-order valence-corrected chi connectivity index (χ0v) is 19.8. The predicted octanol–water partition coefficient (Wildman–Crippen LogP) is 2.85. The lowest BCUT2D eigenvalue weighted by Gasteiger charge is -2.29. The molecule has 0 saturated heterocycles. The van der Waals surface area contributed by atoms with Crippen LogP contribution < -0.4 is 16.4 Å². The van der Waals surface area contributed by atoms with Crippen LogP contribution in [0.15, 0.2) is 76.1 Å². The molecule has 0 saturated carbocycles. The summed E-state index contributed by atoms with van der Waals surface area (Å²) in [5.74, 6) is 0.577. The van der Waals surface area contributed by atoms with E-state index in [4.69, 9.17) is 10.7 Å². The first kappa shape index (κ1) is 23.0. The molecular formula is C24H33N6P. The Hall–Kier alpha value is -2.69. The van der Waals surface area contributed by atoms with Gasteiger partial charge in [-0.2, -0.15) is 0 Å². The molecule has 0 spiro atoms. The molecule has 1 aromatic carbocycles. The van der Waals surface area contributed by atoms with E-state index in [0.717, 1.165) is 48.5 Å². The van der Waals surface area contributed by atoms with Crippen LogP contribution in [0.3, 0.4) is 0 Å². The molecule has 7 heteroatoms. The minimum atomic E-state index is 0.577. The fraction of sp³-hybridized carbons (Fsp3) is 0.333. The van der Waals surface area contributed by atoms with Crippen molar-refractivity contribution in [1.29, 1.82) is 0 Å². The summed E-state index contributed by atoms with van der Waals surface area (Å²) in [4.78, 5) is 13.6. The molecule has 1 aromatic rings. The van der Waals surface area contributed by atoms with Crippen molar-refractivity contribution in [3.05, 3.63) is 71.7 Å². The quantitative estimate of drug-likeness (QED) is 0.645. The Balaban J connectivity index is 1.98. The van der Waals surface area contributed by atoms with E-state index < -0.39 is 0 Å². The smallest absolute Gasteiger partial charge is 0.222 e. The Morgan fingerprint density at radius 2 is 2.00 bits per heavy atom. The van der Waals surface area contributed by atoms with Crippen LogP contribution in [0.2, 0.25) is 0 Å². The highest BCUT2D eigenvalue weighted by atomic mass is 31.0. The van der Waals surface area contributed by atoms with Gasteiger partial charge in [0, 0.05) is 39.0 Å². The zero-order valence-electron chi connectivity index (χ0n) is 18.7. The number of nitrogens with one attached hydrogen (secondary N) is 1. The number of benzene rings is 1. The maximum absolute atomic E-state index is 6.75. The second-order valence-corrected chi connectivity index (χ2v) is 8.12. The van der Waals surface area contributed by atoms with Crippen molar-refractivity contribution in [2.45, 2.75) is 20.3 Å². The number of hydrogen-bond acceptors (Lipinski definition) is 4. The minimum Gasteiger partial charge on any atom is -0.396 e. The van der Waals surface area contributed by atoms with Crippen LogP contribution in [0.5, 0.6) is 0 Å². The second-order valence-electron chi connectivity index (χ2n) is 7.45. The first-order chi connectivity index (χ1) is 15.0. The van der Waals surface area contributed by atoms with Gasteiger partial charge < -0.3 is 16.0 Å². The van der Waals surface area contributed by atoms with Gasteiger partial charge in [0.15, 0.2) is 0 Å². The topological polar surface area (TPSA) is 69.2 Å². The van der Waals surface area contributed by atoms with Crippen molar-refractivity contribution in [3.8, 4) is 0 Å². The van der Waals surface area contributed by atoms with Crippen LogP contribution in [-0.4, -0.2) is 54.7 Å². The maximum Gasteiger partial charge on any atom is 0.222 e. The monoisotopic (exact) mass is 436 g/mol. The molecule has 2 aliphatic heterocycles. The number of aliphatic imine (C=N–C) groups is 2. The Kier molecular flexibility index (Phi) is 8.21. The number of nitrogens with two attached hydrogens (primary N) is 1. The molecule has 0 radical (unpaired) electrons. The van der Waals surface area contributed by atoms with E-state index in [1.807, 2.05) is 36.5 Å². The molecule has 0 fully saturated rings. The van der Waals surface area contributed by atoms with E-state index in [9.17, 15) is 0 Å². The van der Waals surface area contributed by atoms with Gasteiger partial charge in [-0.3, -0.25) is 9.89 Å². The number of hydrogen-bond donors (Lipinski definition) is 2. The van der Waals surface area contributed by atoms with Gasteiger partial charge in [0.2, 0.25) is 5.96 Å². The third-order valence-corrected chi connectivity index (χ3v) is 5.84. The zero-order chi connectivity index (χ0) is 22.2. The predicted molar refractivity (Wildman–Crippen MR) is 136 cm³/mol. The summed E-state index contributed by atoms with van der Waals surface area (Å²) in [7, 11) is 4.44. The van der Waals surface area contributed by atoms with Crippen LogP contribution >= 0.6 is 9.24 Å². The fourth-order valence-corrected chi connectivity index (χ4v) is 3.76. The molecule has 2 heterocycles. The summed E-state index contributed by atoms with van der Waals surface area (Å²) in [5, 5.41) is 4.23. The van der Waals surface area contributed by atoms with Crippen molar-refractivity contribution >= 4 is 31.9 Å². The van der Waals surface area contributed by atoms with Crippen LogP contribution in [0.25, 0.3) is 5.70 Å². The molecular weight excluding hydrogens is 403 g/mol. The first-order valence-corrected chi connectivity index (χ1v) is 11.3. The molecule has 1 unspecified atom stereocenters. The highest BCUT2D eigenvalue weighted by molar-refractivity contribution is 7.27. The van der Waals surface area contributed by atoms with E-state index >= 15 is 0 Å². The molecule has 2 aliphatic rings. The Morgan fingerprint density at radius 3 is 2.61 bits per heavy atom. The SMILES string of the molecule is CCN(CC)CC1=CCN(/C(C2=NC(=NC)NC=CC2)=C(\N)c2ccc(P)cc2)C=C1. The van der Waals surface area contributed by atoms with Gasteiger partial charge >= 0.3 is 0 Å². The molecule has 6 nitrogen and oxygen atoms in total. The van der Waals surface area contributed by atoms with Gasteiger partial charge in [-0.15, -0.1) is 9.24 Å². The van der Waals surface area contributed by atoms with Crippen LogP contribution in [-0.2, 0) is 0 Å². The number of rotatable bonds is 7. The molecule has 0 aliphatic carbocycles. The minimum absolute atomic E-state index is 0.577. The highest BCUT2D eigenvalue weighted by Gasteiger charge is 2.21. The van der Waals surface area contributed by atoms with Gasteiger partial charge in [-0.1, -0.05) is 50.3 Å². The lowest BCUT2D eigenvalue weighted by molar-refractivity contribution is 0.330. The fourth-order valence-electron chi connectivity index (χ4n) is 3.57. The van der Waals surface area contributed by atoms with Crippen molar-refractivity contribution < 1.29 is 0 Å². The normalized spacial score (nSPS) is 18.5. The van der Waals surface area contributed by atoms with Crippen molar-refractivity contribution in [1.82, 2.24) is 15.1 Å². The van der Waals surface area contributed by atoms with E-state index in [1.165, 1.54) is 5.57 Å². The van der Waals surface area contributed by atoms with Crippen molar-refractivity contribution in [2.75, 3.05) is 33.2 Å². The second kappa shape index (κ2) is 11.1. The Labute approximate surface area is 188 Å². The largest absolute Gasteiger partial charge is 0.396 e. The highest BCUT2D eigenvalue weighted by Crippen LogP contribution is 2.24. The number of allylic oxidation sites excluding steroid dienone is 2.